The van der Waals surface area contributed by atoms with Crippen LogP contribution >= 0.6 is 0 Å². The summed E-state index contributed by atoms with van der Waals surface area (Å²) in [7, 11) is 0. The van der Waals surface area contributed by atoms with E-state index in [1.807, 2.05) is 12.2 Å². The molecule has 2 rings (SSSR count). The third-order valence-corrected chi connectivity index (χ3v) is 3.63. The van der Waals surface area contributed by atoms with Crippen LogP contribution in [0.25, 0.3) is 0 Å². The highest BCUT2D eigenvalue weighted by Crippen LogP contribution is 2.29. The van der Waals surface area contributed by atoms with Crippen molar-refractivity contribution in [2.75, 3.05) is 13.1 Å². The van der Waals surface area contributed by atoms with Crippen LogP contribution in [0, 0.1) is 5.92 Å². The molecule has 1 unspecified atom stereocenters. The Morgan fingerprint density at radius 1 is 1.17 bits per heavy atom. The maximum atomic E-state index is 12.6. The standard InChI is InChI=1S/C17H16F3NO3/c18-17(19,20)14-6-4-12(5-7-14)16(24)13(10-15(22)23)11-21-8-2-1-3-9-21/h1-8,13H,9-11H2,(H,22,23). The van der Waals surface area contributed by atoms with Crippen LogP contribution in [0.2, 0.25) is 0 Å². The van der Waals surface area contributed by atoms with Gasteiger partial charge in [0.05, 0.1) is 17.9 Å². The molecule has 0 aliphatic carbocycles. The average molecular weight is 339 g/mol. The van der Waals surface area contributed by atoms with Crippen LogP contribution < -0.4 is 0 Å². The maximum Gasteiger partial charge on any atom is 0.416 e. The highest BCUT2D eigenvalue weighted by Gasteiger charge is 2.31. The molecule has 0 fully saturated rings. The van der Waals surface area contributed by atoms with Gasteiger partial charge in [0, 0.05) is 18.7 Å². The molecule has 0 spiro atoms. The number of carboxylic acid groups (broad SMARTS) is 1. The van der Waals surface area contributed by atoms with Crippen molar-refractivity contribution in [3.05, 3.63) is 59.8 Å². The SMILES string of the molecule is O=C(O)CC(CN1C=CC=CC1)C(=O)c1ccc(C(F)(F)F)cc1. The zero-order valence-corrected chi connectivity index (χ0v) is 12.7. The Morgan fingerprint density at radius 2 is 1.83 bits per heavy atom. The fourth-order valence-corrected chi connectivity index (χ4v) is 2.44. The summed E-state index contributed by atoms with van der Waals surface area (Å²) >= 11 is 0. The van der Waals surface area contributed by atoms with E-state index >= 15 is 0 Å². The molecule has 1 aliphatic heterocycles. The molecule has 1 aromatic carbocycles. The molecule has 1 aliphatic rings. The number of Topliss-reactive ketones (excluding diaryl/α,β-unsaturated/α-hetero) is 1. The Bertz CT molecular complexity index is 663. The Labute approximate surface area is 136 Å². The molecule has 1 heterocycles. The van der Waals surface area contributed by atoms with Crippen LogP contribution in [-0.4, -0.2) is 34.8 Å². The minimum absolute atomic E-state index is 0.0748. The summed E-state index contributed by atoms with van der Waals surface area (Å²) in [5.74, 6) is -2.44. The van der Waals surface area contributed by atoms with Gasteiger partial charge in [0.1, 0.15) is 0 Å². The Kier molecular flexibility index (Phi) is 5.43. The maximum absolute atomic E-state index is 12.6. The number of halogens is 3. The van der Waals surface area contributed by atoms with E-state index in [0.29, 0.717) is 6.54 Å². The van der Waals surface area contributed by atoms with Crippen molar-refractivity contribution in [1.82, 2.24) is 4.90 Å². The minimum atomic E-state index is -4.48. The van der Waals surface area contributed by atoms with E-state index in [1.54, 1.807) is 17.2 Å². The van der Waals surface area contributed by atoms with Gasteiger partial charge in [-0.15, -0.1) is 0 Å². The minimum Gasteiger partial charge on any atom is -0.481 e. The topological polar surface area (TPSA) is 57.6 Å². The second kappa shape index (κ2) is 7.33. The number of nitrogens with zero attached hydrogens (tertiary/aromatic N) is 1. The van der Waals surface area contributed by atoms with Crippen molar-refractivity contribution in [1.29, 1.82) is 0 Å². The average Bonchev–Trinajstić information content (AvgIpc) is 2.53. The Balaban J connectivity index is 2.15. The number of rotatable bonds is 6. The third kappa shape index (κ3) is 4.71. The molecule has 24 heavy (non-hydrogen) atoms. The van der Waals surface area contributed by atoms with Gasteiger partial charge in [-0.25, -0.2) is 0 Å². The summed E-state index contributed by atoms with van der Waals surface area (Å²) in [4.78, 5) is 25.3. The first-order chi connectivity index (χ1) is 11.3. The van der Waals surface area contributed by atoms with Gasteiger partial charge in [0.15, 0.2) is 5.78 Å². The van der Waals surface area contributed by atoms with Gasteiger partial charge < -0.3 is 10.0 Å². The monoisotopic (exact) mass is 339 g/mol. The molecule has 0 radical (unpaired) electrons. The summed E-state index contributed by atoms with van der Waals surface area (Å²) in [6.45, 7) is 0.736. The number of hydrogen-bond acceptors (Lipinski definition) is 3. The summed E-state index contributed by atoms with van der Waals surface area (Å²) in [6, 6.07) is 3.83. The molecule has 7 heteroatoms. The molecule has 1 N–H and O–H groups in total. The smallest absolute Gasteiger partial charge is 0.416 e. The van der Waals surface area contributed by atoms with Gasteiger partial charge in [-0.3, -0.25) is 9.59 Å². The number of allylic oxidation sites excluding steroid dienone is 2. The van der Waals surface area contributed by atoms with Gasteiger partial charge in [-0.1, -0.05) is 24.3 Å². The number of alkyl halides is 3. The third-order valence-electron chi connectivity index (χ3n) is 3.63. The molecule has 0 amide bonds. The number of carbonyl (C=O) groups is 2. The van der Waals surface area contributed by atoms with Crippen molar-refractivity contribution in [2.24, 2.45) is 5.92 Å². The van der Waals surface area contributed by atoms with E-state index in [9.17, 15) is 22.8 Å². The number of benzene rings is 1. The van der Waals surface area contributed by atoms with Crippen LogP contribution in [0.1, 0.15) is 22.3 Å². The van der Waals surface area contributed by atoms with Gasteiger partial charge in [0.2, 0.25) is 0 Å². The summed E-state index contributed by atoms with van der Waals surface area (Å²) < 4.78 is 37.7. The second-order valence-corrected chi connectivity index (χ2v) is 5.46. The summed E-state index contributed by atoms with van der Waals surface area (Å²) in [6.07, 6.45) is 2.35. The highest BCUT2D eigenvalue weighted by molar-refractivity contribution is 5.99. The van der Waals surface area contributed by atoms with Crippen LogP contribution in [0.15, 0.2) is 48.7 Å². The molecule has 4 nitrogen and oxygen atoms in total. The normalized spacial score (nSPS) is 15.4. The Hall–Kier alpha value is -2.57. The van der Waals surface area contributed by atoms with E-state index in [-0.39, 0.29) is 18.5 Å². The fraction of sp³-hybridized carbons (Fsp3) is 0.294. The summed E-state index contributed by atoms with van der Waals surface area (Å²) in [5.41, 5.74) is -0.774. The lowest BCUT2D eigenvalue weighted by molar-refractivity contribution is -0.138. The first-order valence-electron chi connectivity index (χ1n) is 7.28. The number of ketones is 1. The van der Waals surface area contributed by atoms with Crippen molar-refractivity contribution < 1.29 is 27.9 Å². The van der Waals surface area contributed by atoms with Crippen molar-refractivity contribution in [2.45, 2.75) is 12.6 Å². The first kappa shape index (κ1) is 17.8. The molecule has 0 saturated heterocycles. The molecule has 0 bridgehead atoms. The number of hydrogen-bond donors (Lipinski definition) is 1. The first-order valence-corrected chi connectivity index (χ1v) is 7.28. The highest BCUT2D eigenvalue weighted by atomic mass is 19.4. The molecular weight excluding hydrogens is 323 g/mol. The van der Waals surface area contributed by atoms with E-state index in [4.69, 9.17) is 5.11 Å². The van der Waals surface area contributed by atoms with Gasteiger partial charge in [-0.05, 0) is 24.4 Å². The molecule has 1 aromatic rings. The number of carboxylic acids is 1. The van der Waals surface area contributed by atoms with Crippen LogP contribution in [0.3, 0.4) is 0 Å². The lowest BCUT2D eigenvalue weighted by Gasteiger charge is -2.25. The number of carbonyl (C=O) groups excluding carboxylic acids is 1. The molecular formula is C17H16F3NO3. The van der Waals surface area contributed by atoms with E-state index in [0.717, 1.165) is 24.3 Å². The van der Waals surface area contributed by atoms with Crippen LogP contribution in [0.5, 0.6) is 0 Å². The van der Waals surface area contributed by atoms with Crippen LogP contribution in [0.4, 0.5) is 13.2 Å². The predicted octanol–water partition coefficient (Wildman–Crippen LogP) is 3.36. The number of aliphatic carboxylic acids is 1. The lowest BCUT2D eigenvalue weighted by atomic mass is 9.93. The fourth-order valence-electron chi connectivity index (χ4n) is 2.44. The van der Waals surface area contributed by atoms with Crippen LogP contribution in [-0.2, 0) is 11.0 Å². The summed E-state index contributed by atoms with van der Waals surface area (Å²) in [5, 5.41) is 9.01. The lowest BCUT2D eigenvalue weighted by Crippen LogP contribution is -2.32. The predicted molar refractivity (Wildman–Crippen MR) is 81.4 cm³/mol. The zero-order chi connectivity index (χ0) is 17.7. The van der Waals surface area contributed by atoms with Crippen molar-refractivity contribution in [3.8, 4) is 0 Å². The van der Waals surface area contributed by atoms with Gasteiger partial charge in [0.25, 0.3) is 0 Å². The zero-order valence-electron chi connectivity index (χ0n) is 12.7. The second-order valence-electron chi connectivity index (χ2n) is 5.46. The van der Waals surface area contributed by atoms with Crippen molar-refractivity contribution >= 4 is 11.8 Å². The van der Waals surface area contributed by atoms with E-state index in [2.05, 4.69) is 0 Å². The largest absolute Gasteiger partial charge is 0.481 e. The van der Waals surface area contributed by atoms with E-state index < -0.39 is 29.4 Å². The van der Waals surface area contributed by atoms with E-state index in [1.165, 1.54) is 0 Å². The quantitative estimate of drug-likeness (QED) is 0.808. The molecule has 0 saturated carbocycles. The van der Waals surface area contributed by atoms with Crippen molar-refractivity contribution in [3.63, 3.8) is 0 Å². The molecule has 128 valence electrons. The molecule has 0 aromatic heterocycles. The Morgan fingerprint density at radius 3 is 2.33 bits per heavy atom. The van der Waals surface area contributed by atoms with Gasteiger partial charge in [-0.2, -0.15) is 13.2 Å². The molecule has 1 atom stereocenters. The van der Waals surface area contributed by atoms with Gasteiger partial charge >= 0.3 is 12.1 Å².